The van der Waals surface area contributed by atoms with Crippen molar-refractivity contribution in [2.24, 2.45) is 5.92 Å². The highest BCUT2D eigenvalue weighted by Gasteiger charge is 2.49. The van der Waals surface area contributed by atoms with E-state index in [1.807, 2.05) is 42.5 Å². The second kappa shape index (κ2) is 10.7. The molecule has 1 heterocycles. The lowest BCUT2D eigenvalue weighted by molar-refractivity contribution is -0.138. The molecule has 1 aliphatic heterocycles. The van der Waals surface area contributed by atoms with Gasteiger partial charge in [0.25, 0.3) is 0 Å². The Balaban J connectivity index is 1.62. The molecule has 2 aromatic carbocycles. The van der Waals surface area contributed by atoms with Gasteiger partial charge in [-0.1, -0.05) is 43.2 Å². The summed E-state index contributed by atoms with van der Waals surface area (Å²) in [5, 5.41) is 14.6. The molecule has 1 amide bonds. The lowest BCUT2D eigenvalue weighted by atomic mass is 9.66. The molecule has 7 heteroatoms. The van der Waals surface area contributed by atoms with Gasteiger partial charge in [-0.15, -0.1) is 0 Å². The molecule has 1 aliphatic carbocycles. The average Bonchev–Trinajstić information content (AvgIpc) is 2.87. The summed E-state index contributed by atoms with van der Waals surface area (Å²) < 4.78 is 16.7. The Morgan fingerprint density at radius 1 is 1.06 bits per heavy atom. The van der Waals surface area contributed by atoms with Crippen molar-refractivity contribution >= 4 is 5.91 Å². The second-order valence-corrected chi connectivity index (χ2v) is 9.34. The predicted molar refractivity (Wildman–Crippen MR) is 130 cm³/mol. The molecule has 7 nitrogen and oxygen atoms in total. The number of piperidine rings is 1. The number of nitrogens with one attached hydrogen (secondary N) is 1. The summed E-state index contributed by atoms with van der Waals surface area (Å²) in [6, 6.07) is 13.7. The first-order chi connectivity index (χ1) is 16.5. The van der Waals surface area contributed by atoms with Crippen LogP contribution >= 0.6 is 0 Å². The van der Waals surface area contributed by atoms with E-state index in [1.165, 1.54) is 0 Å². The van der Waals surface area contributed by atoms with E-state index in [-0.39, 0.29) is 24.4 Å². The van der Waals surface area contributed by atoms with Crippen LogP contribution in [-0.2, 0) is 11.3 Å². The van der Waals surface area contributed by atoms with E-state index in [9.17, 15) is 9.90 Å². The van der Waals surface area contributed by atoms with Crippen LogP contribution in [0.5, 0.6) is 17.2 Å². The van der Waals surface area contributed by atoms with Gasteiger partial charge in [-0.2, -0.15) is 0 Å². The molecule has 0 radical (unpaired) electrons. The second-order valence-electron chi connectivity index (χ2n) is 9.34. The summed E-state index contributed by atoms with van der Waals surface area (Å²) >= 11 is 0. The van der Waals surface area contributed by atoms with Gasteiger partial charge in [-0.25, -0.2) is 0 Å². The minimum Gasteiger partial charge on any atom is -0.493 e. The molecule has 2 fully saturated rings. The third-order valence-corrected chi connectivity index (χ3v) is 7.38. The summed E-state index contributed by atoms with van der Waals surface area (Å²) in [7, 11) is 4.80. The van der Waals surface area contributed by atoms with Gasteiger partial charge < -0.3 is 24.6 Å². The van der Waals surface area contributed by atoms with Gasteiger partial charge in [0.1, 0.15) is 0 Å². The van der Waals surface area contributed by atoms with Crippen LogP contribution in [0, 0.1) is 5.92 Å². The summed E-state index contributed by atoms with van der Waals surface area (Å²) in [5.41, 5.74) is 1.31. The molecular weight excluding hydrogens is 432 g/mol. The molecule has 1 saturated carbocycles. The molecule has 184 valence electrons. The van der Waals surface area contributed by atoms with Crippen LogP contribution in [0.1, 0.15) is 49.3 Å². The number of hydrogen-bond acceptors (Lipinski definition) is 6. The van der Waals surface area contributed by atoms with Crippen LogP contribution in [0.2, 0.25) is 0 Å². The molecule has 34 heavy (non-hydrogen) atoms. The van der Waals surface area contributed by atoms with Gasteiger partial charge >= 0.3 is 0 Å². The SMILES string of the molecule is COc1cc([C@H]2C3CCCCC3(O)CCN2CC(=O)NCc2ccccc2)cc(OC)c1OC. The highest BCUT2D eigenvalue weighted by molar-refractivity contribution is 5.78. The fourth-order valence-electron chi connectivity index (χ4n) is 5.67. The number of carbonyl (C=O) groups excluding carboxylic acids is 1. The lowest BCUT2D eigenvalue weighted by Gasteiger charge is -2.52. The van der Waals surface area contributed by atoms with Crippen molar-refractivity contribution < 1.29 is 24.1 Å². The minimum absolute atomic E-state index is 0.0254. The average molecular weight is 469 g/mol. The van der Waals surface area contributed by atoms with E-state index < -0.39 is 5.60 Å². The number of likely N-dealkylation sites (tertiary alicyclic amines) is 1. The number of methoxy groups -OCH3 is 3. The Morgan fingerprint density at radius 2 is 1.76 bits per heavy atom. The molecule has 0 spiro atoms. The Kier molecular flexibility index (Phi) is 7.63. The first-order valence-corrected chi connectivity index (χ1v) is 12.1. The van der Waals surface area contributed by atoms with Crippen LogP contribution in [0.4, 0.5) is 0 Å². The van der Waals surface area contributed by atoms with Crippen LogP contribution in [0.3, 0.4) is 0 Å². The molecule has 2 aromatic rings. The summed E-state index contributed by atoms with van der Waals surface area (Å²) in [5.74, 6) is 1.70. The van der Waals surface area contributed by atoms with Crippen molar-refractivity contribution in [2.75, 3.05) is 34.4 Å². The highest BCUT2D eigenvalue weighted by Crippen LogP contribution is 2.51. The van der Waals surface area contributed by atoms with Crippen LogP contribution in [-0.4, -0.2) is 55.9 Å². The van der Waals surface area contributed by atoms with Crippen molar-refractivity contribution in [3.63, 3.8) is 0 Å². The molecule has 0 aromatic heterocycles. The van der Waals surface area contributed by atoms with E-state index in [0.717, 1.165) is 36.8 Å². The zero-order valence-electron chi connectivity index (χ0n) is 20.4. The quantitative estimate of drug-likeness (QED) is 0.615. The number of hydrogen-bond donors (Lipinski definition) is 2. The Labute approximate surface area is 202 Å². The topological polar surface area (TPSA) is 80.3 Å². The largest absolute Gasteiger partial charge is 0.493 e. The number of aliphatic hydroxyl groups is 1. The first-order valence-electron chi connectivity index (χ1n) is 12.1. The fraction of sp³-hybridized carbons (Fsp3) is 0.519. The number of benzene rings is 2. The summed E-state index contributed by atoms with van der Waals surface area (Å²) in [4.78, 5) is 15.2. The maximum Gasteiger partial charge on any atom is 0.234 e. The standard InChI is InChI=1S/C27H36N2O5/c1-32-22-15-20(16-23(33-2)26(22)34-3)25-21-11-7-8-12-27(21,31)13-14-29(25)18-24(30)28-17-19-9-5-4-6-10-19/h4-6,9-10,15-16,21,25,31H,7-8,11-14,17-18H2,1-3H3,(H,28,30)/t21?,25-,27?/m0/s1. The van der Waals surface area contributed by atoms with E-state index in [1.54, 1.807) is 21.3 Å². The van der Waals surface area contributed by atoms with Gasteiger partial charge in [0.15, 0.2) is 11.5 Å². The van der Waals surface area contributed by atoms with Crippen molar-refractivity contribution in [3.05, 3.63) is 53.6 Å². The van der Waals surface area contributed by atoms with E-state index in [4.69, 9.17) is 14.2 Å². The first kappa shape index (κ1) is 24.4. The molecule has 2 N–H and O–H groups in total. The van der Waals surface area contributed by atoms with Crippen molar-refractivity contribution in [3.8, 4) is 17.2 Å². The van der Waals surface area contributed by atoms with Gasteiger partial charge in [-0.3, -0.25) is 9.69 Å². The van der Waals surface area contributed by atoms with Crippen LogP contribution < -0.4 is 19.5 Å². The number of fused-ring (bicyclic) bond motifs is 1. The number of carbonyl (C=O) groups is 1. The van der Waals surface area contributed by atoms with Crippen LogP contribution in [0.25, 0.3) is 0 Å². The lowest BCUT2D eigenvalue weighted by Crippen LogP contribution is -2.56. The molecular formula is C27H36N2O5. The van der Waals surface area contributed by atoms with E-state index in [0.29, 0.717) is 36.8 Å². The zero-order chi connectivity index (χ0) is 24.1. The molecule has 2 aliphatic rings. The maximum absolute atomic E-state index is 13.0. The Morgan fingerprint density at radius 3 is 2.41 bits per heavy atom. The van der Waals surface area contributed by atoms with Gasteiger partial charge in [0.2, 0.25) is 11.7 Å². The van der Waals surface area contributed by atoms with Crippen molar-refractivity contribution in [2.45, 2.75) is 50.3 Å². The zero-order valence-corrected chi connectivity index (χ0v) is 20.4. The molecule has 1 saturated heterocycles. The predicted octanol–water partition coefficient (Wildman–Crippen LogP) is 3.70. The van der Waals surface area contributed by atoms with E-state index >= 15 is 0 Å². The monoisotopic (exact) mass is 468 g/mol. The van der Waals surface area contributed by atoms with Crippen molar-refractivity contribution in [1.82, 2.24) is 10.2 Å². The molecule has 4 rings (SSSR count). The molecule has 2 unspecified atom stereocenters. The number of ether oxygens (including phenoxy) is 3. The normalized spacial score (nSPS) is 24.7. The maximum atomic E-state index is 13.0. The third kappa shape index (κ3) is 5.00. The van der Waals surface area contributed by atoms with Crippen molar-refractivity contribution in [1.29, 1.82) is 0 Å². The van der Waals surface area contributed by atoms with Gasteiger partial charge in [0, 0.05) is 25.0 Å². The van der Waals surface area contributed by atoms with Crippen LogP contribution in [0.15, 0.2) is 42.5 Å². The van der Waals surface area contributed by atoms with Gasteiger partial charge in [-0.05, 0) is 42.5 Å². The summed E-state index contributed by atoms with van der Waals surface area (Å²) in [6.07, 6.45) is 4.49. The smallest absolute Gasteiger partial charge is 0.234 e. The Bertz CT molecular complexity index is 957. The number of amides is 1. The highest BCUT2D eigenvalue weighted by atomic mass is 16.5. The number of rotatable bonds is 8. The minimum atomic E-state index is -0.722. The number of nitrogens with zero attached hydrogens (tertiary/aromatic N) is 1. The third-order valence-electron chi connectivity index (χ3n) is 7.38. The van der Waals surface area contributed by atoms with E-state index in [2.05, 4.69) is 10.2 Å². The fourth-order valence-corrected chi connectivity index (χ4v) is 5.67. The molecule has 3 atom stereocenters. The Hall–Kier alpha value is -2.77. The molecule has 0 bridgehead atoms. The van der Waals surface area contributed by atoms with Gasteiger partial charge in [0.05, 0.1) is 33.5 Å². The summed E-state index contributed by atoms with van der Waals surface area (Å²) in [6.45, 7) is 1.41.